The number of carbonyl (C=O) groups is 1. The van der Waals surface area contributed by atoms with Gasteiger partial charge in [0.25, 0.3) is 5.56 Å². The van der Waals surface area contributed by atoms with Crippen LogP contribution in [0.3, 0.4) is 0 Å². The van der Waals surface area contributed by atoms with Gasteiger partial charge in [-0.3, -0.25) is 24.5 Å². The third kappa shape index (κ3) is 5.28. The Morgan fingerprint density at radius 3 is 2.58 bits per heavy atom. The van der Waals surface area contributed by atoms with Gasteiger partial charge in [-0.1, -0.05) is 24.8 Å². The predicted octanol–water partition coefficient (Wildman–Crippen LogP) is 4.12. The minimum absolute atomic E-state index is 0.0273. The molecule has 0 radical (unpaired) electrons. The van der Waals surface area contributed by atoms with Crippen LogP contribution in [0, 0.1) is 0 Å². The van der Waals surface area contributed by atoms with Crippen LogP contribution < -0.4 is 16.6 Å². The first kappa shape index (κ1) is 26.2. The molecule has 38 heavy (non-hydrogen) atoms. The zero-order chi connectivity index (χ0) is 27.6. The summed E-state index contributed by atoms with van der Waals surface area (Å²) in [6.07, 6.45) is 3.13. The van der Waals surface area contributed by atoms with Crippen LogP contribution >= 0.6 is 0 Å². The molecule has 2 aromatic heterocycles. The number of fused-ring (bicyclic) bond motifs is 1. The summed E-state index contributed by atoms with van der Waals surface area (Å²) in [7, 11) is 0. The highest BCUT2D eigenvalue weighted by atomic mass is 19.4. The van der Waals surface area contributed by atoms with Crippen molar-refractivity contribution in [3.63, 3.8) is 0 Å². The maximum atomic E-state index is 13.5. The number of allylic oxidation sites excluding steroid dienone is 3. The van der Waals surface area contributed by atoms with E-state index in [-0.39, 0.29) is 40.2 Å². The van der Waals surface area contributed by atoms with E-state index in [9.17, 15) is 27.6 Å². The van der Waals surface area contributed by atoms with Gasteiger partial charge in [0, 0.05) is 24.9 Å². The molecule has 194 valence electrons. The third-order valence-electron chi connectivity index (χ3n) is 5.58. The summed E-state index contributed by atoms with van der Waals surface area (Å²) >= 11 is 0. The van der Waals surface area contributed by atoms with E-state index < -0.39 is 23.0 Å². The SMILES string of the molecule is C=CC(=NC1=C(C)CC=Cc2c1n(-c1cccc(C(F)(F)F)c1)c(=O)[nH]c2=O)c1cnc(NC(C)=O)nc1. The normalized spacial score (nSPS) is 13.7. The summed E-state index contributed by atoms with van der Waals surface area (Å²) in [5.74, 6) is -0.273. The van der Waals surface area contributed by atoms with E-state index in [2.05, 4.69) is 31.8 Å². The Labute approximate surface area is 213 Å². The fourth-order valence-electron chi connectivity index (χ4n) is 3.84. The number of carbonyl (C=O) groups excluding carboxylic acids is 1. The van der Waals surface area contributed by atoms with Crippen LogP contribution in [-0.2, 0) is 11.0 Å². The number of rotatable bonds is 5. The fourth-order valence-corrected chi connectivity index (χ4v) is 3.84. The van der Waals surface area contributed by atoms with Crippen molar-refractivity contribution in [2.75, 3.05) is 5.32 Å². The van der Waals surface area contributed by atoms with Crippen LogP contribution in [0.4, 0.5) is 19.1 Å². The Morgan fingerprint density at radius 1 is 1.24 bits per heavy atom. The van der Waals surface area contributed by atoms with Crippen LogP contribution in [0.1, 0.15) is 42.7 Å². The minimum atomic E-state index is -4.65. The Kier molecular flexibility index (Phi) is 7.06. The highest BCUT2D eigenvalue weighted by molar-refractivity contribution is 6.10. The van der Waals surface area contributed by atoms with Crippen LogP contribution in [0.5, 0.6) is 0 Å². The van der Waals surface area contributed by atoms with Crippen LogP contribution in [0.2, 0.25) is 0 Å². The summed E-state index contributed by atoms with van der Waals surface area (Å²) < 4.78 is 41.4. The average molecular weight is 522 g/mol. The van der Waals surface area contributed by atoms with E-state index >= 15 is 0 Å². The van der Waals surface area contributed by atoms with Crippen molar-refractivity contribution in [2.45, 2.75) is 26.4 Å². The Hall–Kier alpha value is -4.87. The van der Waals surface area contributed by atoms with E-state index in [4.69, 9.17) is 0 Å². The lowest BCUT2D eigenvalue weighted by Crippen LogP contribution is -2.33. The van der Waals surface area contributed by atoms with Gasteiger partial charge in [-0.15, -0.1) is 0 Å². The highest BCUT2D eigenvalue weighted by Crippen LogP contribution is 2.33. The molecule has 2 heterocycles. The number of anilines is 1. The number of nitrogens with zero attached hydrogens (tertiary/aromatic N) is 4. The number of benzene rings is 1. The average Bonchev–Trinajstić information content (AvgIpc) is 3.01. The van der Waals surface area contributed by atoms with Crippen molar-refractivity contribution >= 4 is 29.3 Å². The van der Waals surface area contributed by atoms with Gasteiger partial charge in [-0.05, 0) is 43.2 Å². The Bertz CT molecular complexity index is 1640. The molecule has 12 heteroatoms. The number of halogens is 3. The molecule has 1 aromatic carbocycles. The Morgan fingerprint density at radius 2 is 1.95 bits per heavy atom. The summed E-state index contributed by atoms with van der Waals surface area (Å²) in [4.78, 5) is 52.1. The molecule has 3 aromatic rings. The number of alkyl halides is 3. The van der Waals surface area contributed by atoms with Gasteiger partial charge < -0.3 is 0 Å². The van der Waals surface area contributed by atoms with Crippen LogP contribution in [0.25, 0.3) is 17.5 Å². The van der Waals surface area contributed by atoms with E-state index in [1.165, 1.54) is 43.6 Å². The number of aliphatic imine (C=N–C) groups is 1. The standard InChI is InChI=1S/C26H21F3N6O3/c1-4-20(16-12-30-24(31-13-16)32-15(3)36)33-21-14(2)7-5-10-19-22(21)35(25(38)34-23(19)37)18-9-6-8-17(11-18)26(27,28)29/h4-6,8-13H,1,7H2,2-3H3,(H,34,37,38)(H,30,31,32,36). The van der Waals surface area contributed by atoms with E-state index in [1.807, 2.05) is 0 Å². The first-order valence-corrected chi connectivity index (χ1v) is 11.2. The number of nitrogens with one attached hydrogen (secondary N) is 2. The molecule has 9 nitrogen and oxygen atoms in total. The van der Waals surface area contributed by atoms with Gasteiger partial charge in [0.2, 0.25) is 11.9 Å². The molecule has 2 N–H and O–H groups in total. The van der Waals surface area contributed by atoms with Gasteiger partial charge in [-0.25, -0.2) is 19.8 Å². The number of hydrogen-bond donors (Lipinski definition) is 2. The van der Waals surface area contributed by atoms with Crippen molar-refractivity contribution < 1.29 is 18.0 Å². The van der Waals surface area contributed by atoms with E-state index in [1.54, 1.807) is 13.0 Å². The lowest BCUT2D eigenvalue weighted by atomic mass is 10.1. The lowest BCUT2D eigenvalue weighted by molar-refractivity contribution is -0.137. The van der Waals surface area contributed by atoms with Gasteiger partial charge in [0.1, 0.15) is 0 Å². The first-order chi connectivity index (χ1) is 18.0. The molecule has 0 aliphatic heterocycles. The number of aromatic amines is 1. The van der Waals surface area contributed by atoms with Crippen LogP contribution in [-0.4, -0.2) is 31.1 Å². The molecule has 1 amide bonds. The van der Waals surface area contributed by atoms with E-state index in [0.29, 0.717) is 17.6 Å². The monoisotopic (exact) mass is 522 g/mol. The predicted molar refractivity (Wildman–Crippen MR) is 137 cm³/mol. The quantitative estimate of drug-likeness (QED) is 0.489. The van der Waals surface area contributed by atoms with Gasteiger partial charge >= 0.3 is 11.9 Å². The van der Waals surface area contributed by atoms with Crippen molar-refractivity contribution in [3.8, 4) is 5.69 Å². The van der Waals surface area contributed by atoms with Crippen molar-refractivity contribution in [3.05, 3.63) is 104 Å². The molecule has 1 aliphatic carbocycles. The summed E-state index contributed by atoms with van der Waals surface area (Å²) in [5, 5.41) is 2.45. The summed E-state index contributed by atoms with van der Waals surface area (Å²) in [6.45, 7) is 6.82. The largest absolute Gasteiger partial charge is 0.416 e. The topological polar surface area (TPSA) is 122 Å². The zero-order valence-electron chi connectivity index (χ0n) is 20.3. The molecule has 0 unspecified atom stereocenters. The van der Waals surface area contributed by atoms with Gasteiger partial charge in [0.05, 0.1) is 33.9 Å². The molecule has 0 saturated carbocycles. The van der Waals surface area contributed by atoms with Crippen molar-refractivity contribution in [1.82, 2.24) is 19.5 Å². The van der Waals surface area contributed by atoms with Gasteiger partial charge in [0.15, 0.2) is 0 Å². The number of amides is 1. The summed E-state index contributed by atoms with van der Waals surface area (Å²) in [5.41, 5.74) is -1.10. The smallest absolute Gasteiger partial charge is 0.295 e. The van der Waals surface area contributed by atoms with Crippen LogP contribution in [0.15, 0.2) is 75.5 Å². The number of hydrogen-bond acceptors (Lipinski definition) is 6. The maximum absolute atomic E-state index is 13.5. The third-order valence-corrected chi connectivity index (χ3v) is 5.58. The fraction of sp³-hybridized carbons (Fsp3) is 0.154. The maximum Gasteiger partial charge on any atom is 0.416 e. The molecular formula is C26H21F3N6O3. The molecular weight excluding hydrogens is 501 g/mol. The molecule has 0 saturated heterocycles. The molecule has 0 spiro atoms. The van der Waals surface area contributed by atoms with Crippen molar-refractivity contribution in [2.24, 2.45) is 4.99 Å². The molecule has 0 bridgehead atoms. The molecule has 0 atom stereocenters. The highest BCUT2D eigenvalue weighted by Gasteiger charge is 2.31. The Balaban J connectivity index is 1.97. The van der Waals surface area contributed by atoms with Crippen molar-refractivity contribution in [1.29, 1.82) is 0 Å². The second kappa shape index (κ2) is 10.2. The molecule has 4 rings (SSSR count). The number of H-pyrrole nitrogens is 1. The van der Waals surface area contributed by atoms with Gasteiger partial charge in [-0.2, -0.15) is 13.2 Å². The lowest BCUT2D eigenvalue weighted by Gasteiger charge is -2.18. The zero-order valence-corrected chi connectivity index (χ0v) is 20.3. The summed E-state index contributed by atoms with van der Waals surface area (Å²) in [6, 6.07) is 4.23. The molecule has 1 aliphatic rings. The van der Waals surface area contributed by atoms with E-state index in [0.717, 1.165) is 16.7 Å². The number of aromatic nitrogens is 4. The second-order valence-electron chi connectivity index (χ2n) is 8.32. The molecule has 0 fully saturated rings. The first-order valence-electron chi connectivity index (χ1n) is 11.2. The second-order valence-corrected chi connectivity index (χ2v) is 8.32. The minimum Gasteiger partial charge on any atom is -0.295 e.